The highest BCUT2D eigenvalue weighted by Gasteiger charge is 2.14. The molecule has 0 heterocycles. The van der Waals surface area contributed by atoms with E-state index >= 15 is 0 Å². The second-order valence-electron chi connectivity index (χ2n) is 4.63. The van der Waals surface area contributed by atoms with Crippen LogP contribution in [0.15, 0.2) is 42.5 Å². The van der Waals surface area contributed by atoms with Crippen LogP contribution in [-0.4, -0.2) is 11.0 Å². The number of benzene rings is 2. The Bertz CT molecular complexity index is 741. The summed E-state index contributed by atoms with van der Waals surface area (Å²) in [6.45, 7) is 0. The molecule has 1 unspecified atom stereocenters. The van der Waals surface area contributed by atoms with E-state index < -0.39 is 23.6 Å². The first kappa shape index (κ1) is 15.6. The van der Waals surface area contributed by atoms with Crippen molar-refractivity contribution in [1.29, 1.82) is 5.26 Å². The number of aliphatic hydroxyl groups is 1. The van der Waals surface area contributed by atoms with E-state index in [1.165, 1.54) is 30.3 Å². The lowest BCUT2D eigenvalue weighted by Crippen LogP contribution is -2.15. The highest BCUT2D eigenvalue weighted by molar-refractivity contribution is 5.91. The lowest BCUT2D eigenvalue weighted by molar-refractivity contribution is -0.118. The molecule has 0 saturated heterocycles. The molecule has 0 bridgehead atoms. The minimum absolute atomic E-state index is 0.191. The number of carbonyl (C=O) groups excluding carboxylic acids is 1. The molecule has 2 aromatic rings. The van der Waals surface area contributed by atoms with Crippen LogP contribution < -0.4 is 5.32 Å². The molecule has 4 nitrogen and oxygen atoms in total. The molecule has 0 aromatic heterocycles. The van der Waals surface area contributed by atoms with Gasteiger partial charge in [-0.15, -0.1) is 0 Å². The predicted octanol–water partition coefficient (Wildman–Crippen LogP) is 2.90. The largest absolute Gasteiger partial charge is 0.388 e. The highest BCUT2D eigenvalue weighted by Crippen LogP contribution is 2.19. The molecule has 1 atom stereocenters. The molecule has 0 aliphatic heterocycles. The van der Waals surface area contributed by atoms with Crippen molar-refractivity contribution in [3.05, 3.63) is 65.2 Å². The van der Waals surface area contributed by atoms with E-state index in [4.69, 9.17) is 5.26 Å². The van der Waals surface area contributed by atoms with Crippen molar-refractivity contribution in [1.82, 2.24) is 0 Å². The maximum Gasteiger partial charge on any atom is 0.227 e. The van der Waals surface area contributed by atoms with Gasteiger partial charge in [-0.25, -0.2) is 8.78 Å². The van der Waals surface area contributed by atoms with E-state index in [9.17, 15) is 18.7 Å². The second-order valence-corrected chi connectivity index (χ2v) is 4.63. The van der Waals surface area contributed by atoms with Crippen LogP contribution in [0, 0.1) is 23.0 Å². The quantitative estimate of drug-likeness (QED) is 0.912. The van der Waals surface area contributed by atoms with Crippen molar-refractivity contribution in [3.63, 3.8) is 0 Å². The Morgan fingerprint density at radius 3 is 2.73 bits per heavy atom. The van der Waals surface area contributed by atoms with Gasteiger partial charge >= 0.3 is 0 Å². The number of carbonyl (C=O) groups is 1. The first-order valence-electron chi connectivity index (χ1n) is 6.42. The normalized spacial score (nSPS) is 11.5. The number of nitrogens with one attached hydrogen (secondary N) is 1. The number of halogens is 2. The Morgan fingerprint density at radius 2 is 2.05 bits per heavy atom. The molecule has 22 heavy (non-hydrogen) atoms. The number of nitriles is 1. The van der Waals surface area contributed by atoms with Crippen LogP contribution in [0.1, 0.15) is 23.7 Å². The SMILES string of the molecule is N#Cc1cc(NC(=O)CC(O)c2cccc(F)c2)ccc1F. The Labute approximate surface area is 125 Å². The van der Waals surface area contributed by atoms with E-state index in [2.05, 4.69) is 5.32 Å². The highest BCUT2D eigenvalue weighted by atomic mass is 19.1. The van der Waals surface area contributed by atoms with Gasteiger partial charge in [0.1, 0.15) is 17.7 Å². The number of aliphatic hydroxyl groups excluding tert-OH is 1. The van der Waals surface area contributed by atoms with Gasteiger partial charge in [-0.2, -0.15) is 5.26 Å². The zero-order chi connectivity index (χ0) is 16.1. The summed E-state index contributed by atoms with van der Waals surface area (Å²) in [5, 5.41) is 21.1. The molecule has 1 amide bonds. The maximum absolute atomic E-state index is 13.2. The summed E-state index contributed by atoms with van der Waals surface area (Å²) in [6, 6.07) is 10.6. The van der Waals surface area contributed by atoms with Crippen LogP contribution in [-0.2, 0) is 4.79 Å². The van der Waals surface area contributed by atoms with Crippen molar-refractivity contribution in [2.75, 3.05) is 5.32 Å². The third kappa shape index (κ3) is 3.87. The minimum atomic E-state index is -1.16. The van der Waals surface area contributed by atoms with Crippen molar-refractivity contribution in [2.45, 2.75) is 12.5 Å². The molecule has 0 radical (unpaired) electrons. The van der Waals surface area contributed by atoms with E-state index in [1.807, 2.05) is 0 Å². The average Bonchev–Trinajstić information content (AvgIpc) is 2.49. The van der Waals surface area contributed by atoms with Gasteiger partial charge < -0.3 is 10.4 Å². The number of hydrogen-bond donors (Lipinski definition) is 2. The Hall–Kier alpha value is -2.78. The molecular formula is C16H12F2N2O2. The molecule has 6 heteroatoms. The lowest BCUT2D eigenvalue weighted by atomic mass is 10.1. The number of anilines is 1. The van der Waals surface area contributed by atoms with Crippen LogP contribution in [0.4, 0.5) is 14.5 Å². The minimum Gasteiger partial charge on any atom is -0.388 e. The molecule has 2 aromatic carbocycles. The van der Waals surface area contributed by atoms with Crippen LogP contribution in [0.2, 0.25) is 0 Å². The molecule has 0 spiro atoms. The Balaban J connectivity index is 2.03. The molecular weight excluding hydrogens is 290 g/mol. The van der Waals surface area contributed by atoms with Gasteiger partial charge in [0.05, 0.1) is 18.1 Å². The second kappa shape index (κ2) is 6.78. The van der Waals surface area contributed by atoms with Gasteiger partial charge in [0, 0.05) is 5.69 Å². The monoisotopic (exact) mass is 302 g/mol. The summed E-state index contributed by atoms with van der Waals surface area (Å²) in [5.74, 6) is -1.72. The maximum atomic E-state index is 13.2. The fourth-order valence-electron chi connectivity index (χ4n) is 1.91. The van der Waals surface area contributed by atoms with E-state index in [1.54, 1.807) is 6.07 Å². The van der Waals surface area contributed by atoms with Crippen molar-refractivity contribution < 1.29 is 18.7 Å². The summed E-state index contributed by atoms with van der Waals surface area (Å²) >= 11 is 0. The standard InChI is InChI=1S/C16H12F2N2O2/c17-12-3-1-2-10(6-12)15(21)8-16(22)20-13-4-5-14(18)11(7-13)9-19/h1-7,15,21H,8H2,(H,20,22). The van der Waals surface area contributed by atoms with Gasteiger partial charge in [-0.05, 0) is 35.9 Å². The Kier molecular flexibility index (Phi) is 4.81. The third-order valence-electron chi connectivity index (χ3n) is 2.98. The van der Waals surface area contributed by atoms with Crippen LogP contribution in [0.3, 0.4) is 0 Å². The van der Waals surface area contributed by atoms with Crippen molar-refractivity contribution in [2.24, 2.45) is 0 Å². The van der Waals surface area contributed by atoms with Crippen LogP contribution >= 0.6 is 0 Å². The van der Waals surface area contributed by atoms with Crippen molar-refractivity contribution >= 4 is 11.6 Å². The molecule has 0 aliphatic carbocycles. The molecule has 0 fully saturated rings. The van der Waals surface area contributed by atoms with Gasteiger partial charge in [0.15, 0.2) is 0 Å². The third-order valence-corrected chi connectivity index (χ3v) is 2.98. The number of amides is 1. The van der Waals surface area contributed by atoms with Crippen LogP contribution in [0.5, 0.6) is 0 Å². The summed E-state index contributed by atoms with van der Waals surface area (Å²) < 4.78 is 26.2. The number of rotatable bonds is 4. The van der Waals surface area contributed by atoms with Gasteiger partial charge in [-0.3, -0.25) is 4.79 Å². The van der Waals surface area contributed by atoms with E-state index in [0.717, 1.165) is 12.1 Å². The van der Waals surface area contributed by atoms with Gasteiger partial charge in [-0.1, -0.05) is 12.1 Å². The zero-order valence-electron chi connectivity index (χ0n) is 11.4. The fourth-order valence-corrected chi connectivity index (χ4v) is 1.91. The molecule has 112 valence electrons. The Morgan fingerprint density at radius 1 is 1.27 bits per heavy atom. The fraction of sp³-hybridized carbons (Fsp3) is 0.125. The summed E-state index contributed by atoms with van der Waals surface area (Å²) in [6.07, 6.45) is -1.45. The van der Waals surface area contributed by atoms with Crippen LogP contribution in [0.25, 0.3) is 0 Å². The first-order valence-corrected chi connectivity index (χ1v) is 6.42. The molecule has 0 aliphatic rings. The predicted molar refractivity (Wildman–Crippen MR) is 75.7 cm³/mol. The zero-order valence-corrected chi connectivity index (χ0v) is 11.4. The first-order chi connectivity index (χ1) is 10.5. The molecule has 2 rings (SSSR count). The summed E-state index contributed by atoms with van der Waals surface area (Å²) in [4.78, 5) is 11.8. The molecule has 0 saturated carbocycles. The summed E-state index contributed by atoms with van der Waals surface area (Å²) in [7, 11) is 0. The van der Waals surface area contributed by atoms with Gasteiger partial charge in [0.25, 0.3) is 0 Å². The number of hydrogen-bond acceptors (Lipinski definition) is 3. The summed E-state index contributed by atoms with van der Waals surface area (Å²) in [5.41, 5.74) is 0.338. The van der Waals surface area contributed by atoms with Crippen molar-refractivity contribution in [3.8, 4) is 6.07 Å². The molecule has 2 N–H and O–H groups in total. The topological polar surface area (TPSA) is 73.1 Å². The van der Waals surface area contributed by atoms with E-state index in [-0.39, 0.29) is 23.2 Å². The average molecular weight is 302 g/mol. The number of nitrogens with zero attached hydrogens (tertiary/aromatic N) is 1. The van der Waals surface area contributed by atoms with Gasteiger partial charge in [0.2, 0.25) is 5.91 Å². The van der Waals surface area contributed by atoms with E-state index in [0.29, 0.717) is 0 Å². The lowest BCUT2D eigenvalue weighted by Gasteiger charge is -2.11. The smallest absolute Gasteiger partial charge is 0.227 e.